The molecule has 1 atom stereocenters. The molecule has 158 valence electrons. The third kappa shape index (κ3) is 6.06. The van der Waals surface area contributed by atoms with Crippen LogP contribution in [0.5, 0.6) is 11.5 Å². The van der Waals surface area contributed by atoms with E-state index in [1.807, 2.05) is 0 Å². The lowest BCUT2D eigenvalue weighted by atomic mass is 10.1. The molecule has 0 saturated carbocycles. The summed E-state index contributed by atoms with van der Waals surface area (Å²) in [5.74, 6) is -0.230. The van der Waals surface area contributed by atoms with Gasteiger partial charge in [-0.15, -0.1) is 0 Å². The van der Waals surface area contributed by atoms with E-state index in [1.165, 1.54) is 50.6 Å². The second-order valence-corrected chi connectivity index (χ2v) is 8.30. The molecule has 10 heteroatoms. The fourth-order valence-electron chi connectivity index (χ4n) is 2.54. The predicted molar refractivity (Wildman–Crippen MR) is 107 cm³/mol. The molecule has 0 heterocycles. The van der Waals surface area contributed by atoms with Crippen LogP contribution in [-0.2, 0) is 14.8 Å². The lowest BCUT2D eigenvalue weighted by molar-refractivity contribution is -0.121. The molecule has 2 N–H and O–H groups in total. The van der Waals surface area contributed by atoms with E-state index in [0.29, 0.717) is 11.3 Å². The fraction of sp³-hybridized carbons (Fsp3) is 0.316. The standard InChI is InChI=1S/C19H22ClFN2O5S/c1-12(13-4-6-16(21)15(20)10-13)23-19(24)8-9-22-29(25,26)14-5-7-17(27-2)18(11-14)28-3/h4-7,10-12,22H,8-9H2,1-3H3,(H,23,24). The summed E-state index contributed by atoms with van der Waals surface area (Å²) in [6.45, 7) is 1.62. The van der Waals surface area contributed by atoms with Gasteiger partial charge in [-0.2, -0.15) is 0 Å². The molecule has 0 saturated heterocycles. The van der Waals surface area contributed by atoms with E-state index in [-0.39, 0.29) is 34.5 Å². The average Bonchev–Trinajstić information content (AvgIpc) is 2.69. The molecule has 0 aliphatic rings. The Bertz CT molecular complexity index is 985. The molecule has 0 fully saturated rings. The highest BCUT2D eigenvalue weighted by molar-refractivity contribution is 7.89. The van der Waals surface area contributed by atoms with Crippen molar-refractivity contribution in [1.82, 2.24) is 10.0 Å². The zero-order valence-corrected chi connectivity index (χ0v) is 17.7. The maximum absolute atomic E-state index is 13.2. The second-order valence-electron chi connectivity index (χ2n) is 6.13. The molecule has 2 aromatic rings. The number of ether oxygens (including phenoxy) is 2. The van der Waals surface area contributed by atoms with Gasteiger partial charge in [-0.05, 0) is 36.8 Å². The van der Waals surface area contributed by atoms with Crippen molar-refractivity contribution in [2.75, 3.05) is 20.8 Å². The van der Waals surface area contributed by atoms with Crippen molar-refractivity contribution in [1.29, 1.82) is 0 Å². The number of carbonyl (C=O) groups excluding carboxylic acids is 1. The third-order valence-corrected chi connectivity index (χ3v) is 5.88. The minimum Gasteiger partial charge on any atom is -0.493 e. The van der Waals surface area contributed by atoms with Gasteiger partial charge in [-0.3, -0.25) is 4.79 Å². The fourth-order valence-corrected chi connectivity index (χ4v) is 3.78. The van der Waals surface area contributed by atoms with Gasteiger partial charge >= 0.3 is 0 Å². The lowest BCUT2D eigenvalue weighted by Gasteiger charge is -2.15. The number of carbonyl (C=O) groups is 1. The van der Waals surface area contributed by atoms with Crippen LogP contribution in [0.1, 0.15) is 24.9 Å². The van der Waals surface area contributed by atoms with Crippen molar-refractivity contribution in [2.45, 2.75) is 24.3 Å². The quantitative estimate of drug-likeness (QED) is 0.620. The Morgan fingerprint density at radius 3 is 2.45 bits per heavy atom. The van der Waals surface area contributed by atoms with Crippen molar-refractivity contribution >= 4 is 27.5 Å². The van der Waals surface area contributed by atoms with Gasteiger partial charge in [0.2, 0.25) is 15.9 Å². The molecule has 0 bridgehead atoms. The molecular weight excluding hydrogens is 423 g/mol. The van der Waals surface area contributed by atoms with Crippen molar-refractivity contribution in [2.24, 2.45) is 0 Å². The van der Waals surface area contributed by atoms with E-state index in [1.54, 1.807) is 6.92 Å². The Morgan fingerprint density at radius 2 is 1.83 bits per heavy atom. The third-order valence-electron chi connectivity index (χ3n) is 4.13. The number of hydrogen-bond donors (Lipinski definition) is 2. The largest absolute Gasteiger partial charge is 0.493 e. The van der Waals surface area contributed by atoms with Crippen LogP contribution >= 0.6 is 11.6 Å². The molecular formula is C19H22ClFN2O5S. The van der Waals surface area contributed by atoms with Crippen molar-refractivity contribution < 1.29 is 27.1 Å². The number of nitrogens with one attached hydrogen (secondary N) is 2. The number of amides is 1. The van der Waals surface area contributed by atoms with Crippen LogP contribution in [0.25, 0.3) is 0 Å². The average molecular weight is 445 g/mol. The molecule has 29 heavy (non-hydrogen) atoms. The monoisotopic (exact) mass is 444 g/mol. The molecule has 0 spiro atoms. The highest BCUT2D eigenvalue weighted by atomic mass is 35.5. The number of halogens is 2. The molecule has 1 amide bonds. The van der Waals surface area contributed by atoms with Gasteiger partial charge in [0.05, 0.1) is 30.2 Å². The topological polar surface area (TPSA) is 93.7 Å². The first-order chi connectivity index (χ1) is 13.7. The highest BCUT2D eigenvalue weighted by Gasteiger charge is 2.18. The predicted octanol–water partition coefficient (Wildman–Crippen LogP) is 3.04. The van der Waals surface area contributed by atoms with E-state index in [2.05, 4.69) is 10.0 Å². The van der Waals surface area contributed by atoms with E-state index >= 15 is 0 Å². The van der Waals surface area contributed by atoms with E-state index in [0.717, 1.165) is 0 Å². The molecule has 1 unspecified atom stereocenters. The maximum atomic E-state index is 13.2. The smallest absolute Gasteiger partial charge is 0.240 e. The van der Waals surface area contributed by atoms with E-state index in [9.17, 15) is 17.6 Å². The molecule has 0 aliphatic carbocycles. The second kappa shape index (κ2) is 9.91. The van der Waals surface area contributed by atoms with Gasteiger partial charge in [0.25, 0.3) is 0 Å². The first-order valence-electron chi connectivity index (χ1n) is 8.64. The highest BCUT2D eigenvalue weighted by Crippen LogP contribution is 2.29. The minimum absolute atomic E-state index is 0.00937. The van der Waals surface area contributed by atoms with Gasteiger partial charge in [0.15, 0.2) is 11.5 Å². The Kier molecular flexibility index (Phi) is 7.83. The summed E-state index contributed by atoms with van der Waals surface area (Å²) in [7, 11) is -0.977. The van der Waals surface area contributed by atoms with Gasteiger partial charge in [0, 0.05) is 19.0 Å². The molecule has 0 radical (unpaired) electrons. The normalized spacial score (nSPS) is 12.3. The van der Waals surface area contributed by atoms with Crippen LogP contribution in [0.4, 0.5) is 4.39 Å². The summed E-state index contributed by atoms with van der Waals surface area (Å²) in [5, 5.41) is 2.67. The number of sulfonamides is 1. The van der Waals surface area contributed by atoms with Crippen LogP contribution in [-0.4, -0.2) is 35.1 Å². The maximum Gasteiger partial charge on any atom is 0.240 e. The Balaban J connectivity index is 1.92. The van der Waals surface area contributed by atoms with E-state index in [4.69, 9.17) is 21.1 Å². The Morgan fingerprint density at radius 1 is 1.14 bits per heavy atom. The number of benzene rings is 2. The van der Waals surface area contributed by atoms with Gasteiger partial charge in [0.1, 0.15) is 5.82 Å². The van der Waals surface area contributed by atoms with E-state index < -0.39 is 21.9 Å². The lowest BCUT2D eigenvalue weighted by Crippen LogP contribution is -2.32. The summed E-state index contributed by atoms with van der Waals surface area (Å²) in [4.78, 5) is 12.1. The van der Waals surface area contributed by atoms with Crippen LogP contribution in [0.3, 0.4) is 0 Å². The summed E-state index contributed by atoms with van der Waals surface area (Å²) in [6.07, 6.45) is -0.0776. The summed E-state index contributed by atoms with van der Waals surface area (Å²) in [6, 6.07) is 7.95. The van der Waals surface area contributed by atoms with Gasteiger partial charge in [-0.1, -0.05) is 17.7 Å². The zero-order valence-electron chi connectivity index (χ0n) is 16.2. The molecule has 2 rings (SSSR count). The SMILES string of the molecule is COc1ccc(S(=O)(=O)NCCC(=O)NC(C)c2ccc(F)c(Cl)c2)cc1OC. The first kappa shape index (κ1) is 22.9. The molecule has 0 aliphatic heterocycles. The van der Waals surface area contributed by atoms with Crippen molar-refractivity contribution in [3.05, 3.63) is 52.8 Å². The summed E-state index contributed by atoms with van der Waals surface area (Å²) < 4.78 is 50.6. The number of hydrogen-bond acceptors (Lipinski definition) is 5. The summed E-state index contributed by atoms with van der Waals surface area (Å²) >= 11 is 5.75. The van der Waals surface area contributed by atoms with Crippen LogP contribution < -0.4 is 19.5 Å². The Labute approximate surface area is 174 Å². The first-order valence-corrected chi connectivity index (χ1v) is 10.5. The van der Waals surface area contributed by atoms with Crippen LogP contribution in [0.15, 0.2) is 41.3 Å². The van der Waals surface area contributed by atoms with Gasteiger partial charge < -0.3 is 14.8 Å². The van der Waals surface area contributed by atoms with Crippen molar-refractivity contribution in [3.8, 4) is 11.5 Å². The minimum atomic E-state index is -3.83. The van der Waals surface area contributed by atoms with Gasteiger partial charge in [-0.25, -0.2) is 17.5 Å². The zero-order chi connectivity index (χ0) is 21.6. The van der Waals surface area contributed by atoms with Crippen molar-refractivity contribution in [3.63, 3.8) is 0 Å². The Hall–Kier alpha value is -2.36. The summed E-state index contributed by atoms with van der Waals surface area (Å²) in [5.41, 5.74) is 0.635. The number of methoxy groups -OCH3 is 2. The van der Waals surface area contributed by atoms with Crippen LogP contribution in [0, 0.1) is 5.82 Å². The number of rotatable bonds is 9. The molecule has 7 nitrogen and oxygen atoms in total. The molecule has 0 aromatic heterocycles. The van der Waals surface area contributed by atoms with Crippen LogP contribution in [0.2, 0.25) is 5.02 Å². The molecule has 2 aromatic carbocycles.